The third-order valence-corrected chi connectivity index (χ3v) is 6.69. The molecule has 2 heterocycles. The maximum Gasteiger partial charge on any atom is 0.392 e. The number of alkyl halides is 3. The first-order valence-corrected chi connectivity index (χ1v) is 12.8. The summed E-state index contributed by atoms with van der Waals surface area (Å²) >= 11 is 0. The van der Waals surface area contributed by atoms with Crippen LogP contribution in [0.25, 0.3) is 16.9 Å². The molecule has 2 amide bonds. The van der Waals surface area contributed by atoms with Gasteiger partial charge in [-0.3, -0.25) is 4.90 Å². The zero-order valence-electron chi connectivity index (χ0n) is 22.4. The molecule has 0 bridgehead atoms. The van der Waals surface area contributed by atoms with Crippen molar-refractivity contribution in [1.82, 2.24) is 14.7 Å². The molecule has 2 aromatic carbocycles. The van der Waals surface area contributed by atoms with Gasteiger partial charge in [-0.2, -0.15) is 18.3 Å². The summed E-state index contributed by atoms with van der Waals surface area (Å²) in [5.74, 6) is -1.33. The number of nitrogens with two attached hydrogens (primary N) is 1. The number of anilines is 1. The van der Waals surface area contributed by atoms with Crippen LogP contribution in [-0.4, -0.2) is 46.6 Å². The molecule has 39 heavy (non-hydrogen) atoms. The van der Waals surface area contributed by atoms with Gasteiger partial charge in [0, 0.05) is 37.2 Å². The fraction of sp³-hybridized carbons (Fsp3) is 0.429. The van der Waals surface area contributed by atoms with Crippen molar-refractivity contribution in [3.8, 4) is 22.7 Å². The Hall–Kier alpha value is -3.60. The van der Waals surface area contributed by atoms with Crippen molar-refractivity contribution in [2.24, 2.45) is 17.6 Å². The third-order valence-electron chi connectivity index (χ3n) is 6.69. The Morgan fingerprint density at radius 3 is 2.59 bits per heavy atom. The second-order valence-corrected chi connectivity index (χ2v) is 10.4. The highest BCUT2D eigenvalue weighted by atomic mass is 19.4. The van der Waals surface area contributed by atoms with Gasteiger partial charge in [0.25, 0.3) is 0 Å². The predicted octanol–water partition coefficient (Wildman–Crippen LogP) is 6.07. The van der Waals surface area contributed by atoms with Gasteiger partial charge in [-0.25, -0.2) is 13.9 Å². The van der Waals surface area contributed by atoms with E-state index in [1.807, 2.05) is 39.0 Å². The normalized spacial score (nSPS) is 14.8. The van der Waals surface area contributed by atoms with Crippen molar-refractivity contribution in [2.45, 2.75) is 46.8 Å². The summed E-state index contributed by atoms with van der Waals surface area (Å²) in [6.45, 7) is 8.12. The standard InChI is InChI=1S/C28H33F4N5O2/c1-16(2)15-39-24-7-5-6-17(3)25(24)37-26(19-8-9-23(21(29)12-19)34-27(33)38)20-14-36(11-10-22(20)35-37)13-18(4)28(30,31)32/h5-9,12,16,18H,10-11,13-15H2,1-4H3,(H3,33,34,38). The molecule has 0 radical (unpaired) electrons. The van der Waals surface area contributed by atoms with Gasteiger partial charge in [-0.1, -0.05) is 39.0 Å². The number of carbonyl (C=O) groups excluding carboxylic acids is 1. The molecule has 4 rings (SSSR count). The van der Waals surface area contributed by atoms with Crippen molar-refractivity contribution in [2.75, 3.05) is 25.0 Å². The summed E-state index contributed by atoms with van der Waals surface area (Å²) in [6, 6.07) is 9.04. The zero-order valence-corrected chi connectivity index (χ0v) is 22.4. The van der Waals surface area contributed by atoms with Gasteiger partial charge in [-0.05, 0) is 36.6 Å². The van der Waals surface area contributed by atoms with Crippen LogP contribution in [0.4, 0.5) is 28.0 Å². The maximum absolute atomic E-state index is 15.1. The number of rotatable bonds is 8. The number of hydrogen-bond acceptors (Lipinski definition) is 4. The lowest BCUT2D eigenvalue weighted by molar-refractivity contribution is -0.174. The molecule has 7 nitrogen and oxygen atoms in total. The van der Waals surface area contributed by atoms with Crippen molar-refractivity contribution in [3.63, 3.8) is 0 Å². The van der Waals surface area contributed by atoms with Gasteiger partial charge in [0.15, 0.2) is 0 Å². The van der Waals surface area contributed by atoms with Crippen LogP contribution in [0.15, 0.2) is 36.4 Å². The summed E-state index contributed by atoms with van der Waals surface area (Å²) in [7, 11) is 0. The van der Waals surface area contributed by atoms with Gasteiger partial charge < -0.3 is 15.8 Å². The molecule has 0 saturated carbocycles. The van der Waals surface area contributed by atoms with Crippen LogP contribution in [0.3, 0.4) is 0 Å². The topological polar surface area (TPSA) is 85.4 Å². The Bertz CT molecular complexity index is 1350. The molecule has 1 aliphatic rings. The van der Waals surface area contributed by atoms with E-state index in [9.17, 15) is 18.0 Å². The molecule has 1 aromatic heterocycles. The van der Waals surface area contributed by atoms with E-state index in [1.54, 1.807) is 15.6 Å². The Morgan fingerprint density at radius 2 is 1.95 bits per heavy atom. The highest BCUT2D eigenvalue weighted by Crippen LogP contribution is 2.38. The lowest BCUT2D eigenvalue weighted by Crippen LogP contribution is -2.38. The van der Waals surface area contributed by atoms with E-state index < -0.39 is 23.9 Å². The first kappa shape index (κ1) is 28.4. The van der Waals surface area contributed by atoms with Crippen LogP contribution in [0.1, 0.15) is 37.6 Å². The molecular weight excluding hydrogens is 514 g/mol. The first-order chi connectivity index (χ1) is 18.3. The van der Waals surface area contributed by atoms with Crippen LogP contribution >= 0.6 is 0 Å². The molecule has 1 aliphatic heterocycles. The number of ether oxygens (including phenoxy) is 1. The van der Waals surface area contributed by atoms with E-state index in [1.165, 1.54) is 19.1 Å². The van der Waals surface area contributed by atoms with Gasteiger partial charge in [0.1, 0.15) is 17.3 Å². The minimum Gasteiger partial charge on any atom is -0.491 e. The number of amides is 2. The first-order valence-electron chi connectivity index (χ1n) is 12.8. The number of hydrogen-bond donors (Lipinski definition) is 2. The van der Waals surface area contributed by atoms with E-state index in [4.69, 9.17) is 15.6 Å². The number of fused-ring (bicyclic) bond motifs is 1. The quantitative estimate of drug-likeness (QED) is 0.336. The number of para-hydroxylation sites is 1. The summed E-state index contributed by atoms with van der Waals surface area (Å²) < 4.78 is 62.9. The SMILES string of the molecule is Cc1cccc(OCC(C)C)c1-n1nc2c(c1-c1ccc(NC(N)=O)c(F)c1)CN(CC(C)C(F)(F)F)CC2. The fourth-order valence-corrected chi connectivity index (χ4v) is 4.71. The molecule has 210 valence electrons. The Morgan fingerprint density at radius 1 is 1.21 bits per heavy atom. The van der Waals surface area contributed by atoms with E-state index in [-0.39, 0.29) is 24.7 Å². The number of aromatic nitrogens is 2. The summed E-state index contributed by atoms with van der Waals surface area (Å²) in [5, 5.41) is 7.13. The van der Waals surface area contributed by atoms with Crippen LogP contribution in [-0.2, 0) is 13.0 Å². The van der Waals surface area contributed by atoms with E-state index in [0.717, 1.165) is 16.8 Å². The molecule has 0 saturated heterocycles. The zero-order chi connectivity index (χ0) is 28.5. The van der Waals surface area contributed by atoms with Crippen molar-refractivity contribution in [3.05, 3.63) is 59.0 Å². The smallest absolute Gasteiger partial charge is 0.392 e. The lowest BCUT2D eigenvalue weighted by atomic mass is 9.99. The number of aryl methyl sites for hydroxylation is 1. The highest BCUT2D eigenvalue weighted by Gasteiger charge is 2.38. The lowest BCUT2D eigenvalue weighted by Gasteiger charge is -2.30. The number of urea groups is 1. The Kier molecular flexibility index (Phi) is 8.20. The molecule has 3 N–H and O–H groups in total. The summed E-state index contributed by atoms with van der Waals surface area (Å²) in [4.78, 5) is 13.0. The monoisotopic (exact) mass is 547 g/mol. The molecule has 11 heteroatoms. The minimum absolute atomic E-state index is 0.0799. The average Bonchev–Trinajstić information content (AvgIpc) is 3.21. The molecule has 1 unspecified atom stereocenters. The molecule has 0 aliphatic carbocycles. The molecule has 1 atom stereocenters. The molecule has 0 fully saturated rings. The van der Waals surface area contributed by atoms with Gasteiger partial charge in [-0.15, -0.1) is 0 Å². The van der Waals surface area contributed by atoms with E-state index in [2.05, 4.69) is 5.32 Å². The van der Waals surface area contributed by atoms with E-state index in [0.29, 0.717) is 42.3 Å². The Balaban J connectivity index is 1.85. The molecule has 0 spiro atoms. The predicted molar refractivity (Wildman–Crippen MR) is 141 cm³/mol. The summed E-state index contributed by atoms with van der Waals surface area (Å²) in [6.07, 6.45) is -3.86. The van der Waals surface area contributed by atoms with Gasteiger partial charge >= 0.3 is 12.2 Å². The number of halogens is 4. The number of benzene rings is 2. The minimum atomic E-state index is -4.30. The van der Waals surface area contributed by atoms with E-state index >= 15 is 4.39 Å². The maximum atomic E-state index is 15.1. The largest absolute Gasteiger partial charge is 0.491 e. The average molecular weight is 548 g/mol. The fourth-order valence-electron chi connectivity index (χ4n) is 4.71. The third kappa shape index (κ3) is 6.35. The van der Waals surface area contributed by atoms with Crippen LogP contribution in [0, 0.1) is 24.6 Å². The molecule has 3 aromatic rings. The van der Waals surface area contributed by atoms with Gasteiger partial charge in [0.05, 0.1) is 29.6 Å². The van der Waals surface area contributed by atoms with Crippen LogP contribution < -0.4 is 15.8 Å². The van der Waals surface area contributed by atoms with Crippen LogP contribution in [0.2, 0.25) is 0 Å². The van der Waals surface area contributed by atoms with Gasteiger partial charge in [0.2, 0.25) is 0 Å². The number of nitrogens with zero attached hydrogens (tertiary/aromatic N) is 3. The number of carbonyl (C=O) groups is 1. The second kappa shape index (κ2) is 11.3. The number of primary amides is 1. The van der Waals surface area contributed by atoms with Crippen molar-refractivity contribution >= 4 is 11.7 Å². The number of nitrogens with one attached hydrogen (secondary N) is 1. The van der Waals surface area contributed by atoms with Crippen LogP contribution in [0.5, 0.6) is 5.75 Å². The van der Waals surface area contributed by atoms with Crippen molar-refractivity contribution in [1.29, 1.82) is 0 Å². The molecular formula is C28H33F4N5O2. The summed E-state index contributed by atoms with van der Waals surface area (Å²) in [5.41, 5.74) is 9.10. The Labute approximate surface area is 224 Å². The second-order valence-electron chi connectivity index (χ2n) is 10.4. The van der Waals surface area contributed by atoms with Crippen molar-refractivity contribution < 1.29 is 27.1 Å². The highest BCUT2D eigenvalue weighted by molar-refractivity contribution is 5.88.